The van der Waals surface area contributed by atoms with Crippen LogP contribution in [0.1, 0.15) is 51.5 Å². The van der Waals surface area contributed by atoms with Gasteiger partial charge in [-0.05, 0) is 45.0 Å². The lowest BCUT2D eigenvalue weighted by Crippen LogP contribution is -2.40. The number of nitro benzene ring substituents is 1. The molecule has 0 unspecified atom stereocenters. The molecule has 0 bridgehead atoms. The molecule has 8 nitrogen and oxygen atoms in total. The number of hydrogen-bond acceptors (Lipinski definition) is 6. The van der Waals surface area contributed by atoms with Gasteiger partial charge in [0.1, 0.15) is 0 Å². The minimum atomic E-state index is -0.493. The molecule has 1 fully saturated rings. The van der Waals surface area contributed by atoms with Crippen LogP contribution in [0.4, 0.5) is 5.69 Å². The molecule has 27 heavy (non-hydrogen) atoms. The maximum atomic E-state index is 11.4. The lowest BCUT2D eigenvalue weighted by atomic mass is 9.96. The third-order valence-electron chi connectivity index (χ3n) is 4.16. The van der Waals surface area contributed by atoms with E-state index in [9.17, 15) is 10.1 Å². The van der Waals surface area contributed by atoms with Crippen LogP contribution in [0, 0.1) is 10.1 Å². The molecule has 148 valence electrons. The van der Waals surface area contributed by atoms with E-state index < -0.39 is 4.92 Å². The van der Waals surface area contributed by atoms with Crippen molar-refractivity contribution in [1.82, 2.24) is 10.7 Å². The summed E-state index contributed by atoms with van der Waals surface area (Å²) in [5, 5.41) is 19.2. The maximum Gasteiger partial charge on any atom is 0.315 e. The highest BCUT2D eigenvalue weighted by atomic mass is 32.1. The van der Waals surface area contributed by atoms with Crippen molar-refractivity contribution in [3.05, 3.63) is 27.8 Å². The predicted molar refractivity (Wildman–Crippen MR) is 109 cm³/mol. The predicted octanol–water partition coefficient (Wildman–Crippen LogP) is 3.52. The minimum absolute atomic E-state index is 0.129. The van der Waals surface area contributed by atoms with Gasteiger partial charge in [-0.25, -0.2) is 0 Å². The average molecular weight is 394 g/mol. The van der Waals surface area contributed by atoms with Gasteiger partial charge in [-0.15, -0.1) is 0 Å². The van der Waals surface area contributed by atoms with Crippen LogP contribution < -0.4 is 20.2 Å². The van der Waals surface area contributed by atoms with Gasteiger partial charge >= 0.3 is 5.69 Å². The highest BCUT2D eigenvalue weighted by Crippen LogP contribution is 2.38. The van der Waals surface area contributed by atoms with Crippen LogP contribution in [0.25, 0.3) is 0 Å². The van der Waals surface area contributed by atoms with Crippen LogP contribution in [-0.2, 0) is 0 Å². The van der Waals surface area contributed by atoms with Crippen LogP contribution in [-0.4, -0.2) is 35.5 Å². The van der Waals surface area contributed by atoms with Crippen LogP contribution >= 0.6 is 12.2 Å². The van der Waals surface area contributed by atoms with Gasteiger partial charge in [-0.1, -0.05) is 19.3 Å². The van der Waals surface area contributed by atoms with Crippen molar-refractivity contribution in [3.63, 3.8) is 0 Å². The van der Waals surface area contributed by atoms with E-state index in [0.29, 0.717) is 35.7 Å². The molecule has 9 heteroatoms. The summed E-state index contributed by atoms with van der Waals surface area (Å²) in [5.74, 6) is 0.446. The van der Waals surface area contributed by atoms with Crippen molar-refractivity contribution >= 4 is 29.2 Å². The summed E-state index contributed by atoms with van der Waals surface area (Å²) in [6.45, 7) is 4.24. The Balaban J connectivity index is 2.08. The van der Waals surface area contributed by atoms with E-state index in [1.165, 1.54) is 31.5 Å². The van der Waals surface area contributed by atoms with Crippen molar-refractivity contribution in [2.24, 2.45) is 5.10 Å². The van der Waals surface area contributed by atoms with Crippen LogP contribution in [0.15, 0.2) is 17.2 Å². The van der Waals surface area contributed by atoms with Gasteiger partial charge in [0.25, 0.3) is 0 Å². The standard InChI is InChI=1S/C18H26N4O4S/c1-3-25-16-11-13(10-15(22(23)24)17(16)26-4-2)12-19-21-18(27)20-14-8-6-5-7-9-14/h10-12,14H,3-9H2,1-2H3,(H2,20,21,27)/b19-12-. The molecular formula is C18H26N4O4S. The van der Waals surface area contributed by atoms with Gasteiger partial charge in [-0.2, -0.15) is 5.10 Å². The second-order valence-corrected chi connectivity index (χ2v) is 6.58. The largest absolute Gasteiger partial charge is 0.490 e. The minimum Gasteiger partial charge on any atom is -0.490 e. The summed E-state index contributed by atoms with van der Waals surface area (Å²) < 4.78 is 10.9. The van der Waals surface area contributed by atoms with Gasteiger partial charge in [0, 0.05) is 17.7 Å². The molecule has 1 aliphatic rings. The Labute approximate surface area is 164 Å². The molecule has 2 rings (SSSR count). The number of nitrogens with one attached hydrogen (secondary N) is 2. The van der Waals surface area contributed by atoms with Gasteiger partial charge in [0.15, 0.2) is 10.9 Å². The molecule has 1 saturated carbocycles. The van der Waals surface area contributed by atoms with E-state index in [1.807, 2.05) is 0 Å². The van der Waals surface area contributed by atoms with Gasteiger partial charge in [0.2, 0.25) is 5.75 Å². The lowest BCUT2D eigenvalue weighted by Gasteiger charge is -2.23. The Morgan fingerprint density at radius 2 is 2.00 bits per heavy atom. The fourth-order valence-corrected chi connectivity index (χ4v) is 3.22. The van der Waals surface area contributed by atoms with Gasteiger partial charge in [-0.3, -0.25) is 15.5 Å². The number of thiocarbonyl (C=S) groups is 1. The molecule has 0 aliphatic heterocycles. The Morgan fingerprint density at radius 3 is 2.63 bits per heavy atom. The van der Waals surface area contributed by atoms with Crippen LogP contribution in [0.5, 0.6) is 11.5 Å². The van der Waals surface area contributed by atoms with Crippen molar-refractivity contribution in [1.29, 1.82) is 0 Å². The number of rotatable bonds is 8. The van der Waals surface area contributed by atoms with Gasteiger partial charge < -0.3 is 14.8 Å². The third-order valence-corrected chi connectivity index (χ3v) is 4.37. The first kappa shape index (κ1) is 20.9. The normalized spacial score (nSPS) is 14.7. The first-order chi connectivity index (χ1) is 13.0. The fraction of sp³-hybridized carbons (Fsp3) is 0.556. The number of nitro groups is 1. The Kier molecular flexibility index (Phi) is 8.25. The van der Waals surface area contributed by atoms with E-state index in [0.717, 1.165) is 12.8 Å². The molecule has 0 aromatic heterocycles. The van der Waals surface area contributed by atoms with E-state index in [4.69, 9.17) is 21.7 Å². The molecule has 0 atom stereocenters. The number of benzene rings is 1. The molecular weight excluding hydrogens is 368 g/mol. The first-order valence-electron chi connectivity index (χ1n) is 9.22. The second-order valence-electron chi connectivity index (χ2n) is 6.17. The summed E-state index contributed by atoms with van der Waals surface area (Å²) >= 11 is 5.25. The molecule has 1 aromatic carbocycles. The zero-order chi connectivity index (χ0) is 19.6. The highest BCUT2D eigenvalue weighted by Gasteiger charge is 2.22. The molecule has 0 heterocycles. The highest BCUT2D eigenvalue weighted by molar-refractivity contribution is 7.80. The molecule has 0 saturated heterocycles. The monoisotopic (exact) mass is 394 g/mol. The van der Waals surface area contributed by atoms with Crippen molar-refractivity contribution in [2.75, 3.05) is 13.2 Å². The SMILES string of the molecule is CCOc1cc(/C=N\NC(=S)NC2CCCCC2)cc([N+](=O)[O-])c1OCC. The van der Waals surface area contributed by atoms with E-state index in [-0.39, 0.29) is 11.4 Å². The van der Waals surface area contributed by atoms with Crippen molar-refractivity contribution < 1.29 is 14.4 Å². The van der Waals surface area contributed by atoms with Crippen LogP contribution in [0.3, 0.4) is 0 Å². The zero-order valence-corrected chi connectivity index (χ0v) is 16.5. The number of nitrogens with zero attached hydrogens (tertiary/aromatic N) is 2. The Morgan fingerprint density at radius 1 is 1.30 bits per heavy atom. The smallest absolute Gasteiger partial charge is 0.315 e. The second kappa shape index (κ2) is 10.7. The lowest BCUT2D eigenvalue weighted by molar-refractivity contribution is -0.385. The molecule has 0 spiro atoms. The molecule has 0 amide bonds. The van der Waals surface area contributed by atoms with Gasteiger partial charge in [0.05, 0.1) is 24.4 Å². The first-order valence-corrected chi connectivity index (χ1v) is 9.63. The fourth-order valence-electron chi connectivity index (χ4n) is 3.00. The summed E-state index contributed by atoms with van der Waals surface area (Å²) in [6, 6.07) is 3.44. The molecule has 1 aliphatic carbocycles. The number of hydrazone groups is 1. The molecule has 2 N–H and O–H groups in total. The topological polar surface area (TPSA) is 98.0 Å². The van der Waals surface area contributed by atoms with E-state index in [1.54, 1.807) is 19.9 Å². The van der Waals surface area contributed by atoms with Crippen molar-refractivity contribution in [3.8, 4) is 11.5 Å². The molecule has 0 radical (unpaired) electrons. The van der Waals surface area contributed by atoms with E-state index >= 15 is 0 Å². The Hall–Kier alpha value is -2.42. The summed E-state index contributed by atoms with van der Waals surface area (Å²) in [6.07, 6.45) is 7.37. The quantitative estimate of drug-likeness (QED) is 0.301. The maximum absolute atomic E-state index is 11.4. The zero-order valence-electron chi connectivity index (χ0n) is 15.7. The third kappa shape index (κ3) is 6.35. The average Bonchev–Trinajstić information content (AvgIpc) is 2.64. The number of hydrogen-bond donors (Lipinski definition) is 2. The van der Waals surface area contributed by atoms with Crippen LogP contribution in [0.2, 0.25) is 0 Å². The Bertz CT molecular complexity index is 690. The summed E-state index contributed by atoms with van der Waals surface area (Å²) in [4.78, 5) is 10.9. The summed E-state index contributed by atoms with van der Waals surface area (Å²) in [7, 11) is 0. The van der Waals surface area contributed by atoms with E-state index in [2.05, 4.69) is 15.8 Å². The number of ether oxygens (including phenoxy) is 2. The molecule has 1 aromatic rings. The summed E-state index contributed by atoms with van der Waals surface area (Å²) in [5.41, 5.74) is 3.12. The van der Waals surface area contributed by atoms with Crippen molar-refractivity contribution in [2.45, 2.75) is 52.0 Å².